The first-order chi connectivity index (χ1) is 8.31. The van der Waals surface area contributed by atoms with Crippen LogP contribution in [-0.4, -0.2) is 17.6 Å². The third-order valence-electron chi connectivity index (χ3n) is 3.26. The number of carbonyl (C=O) groups excluding carboxylic acids is 1. The van der Waals surface area contributed by atoms with E-state index in [-0.39, 0.29) is 0 Å². The summed E-state index contributed by atoms with van der Waals surface area (Å²) in [4.78, 5) is 15.4. The molecule has 1 aliphatic carbocycles. The van der Waals surface area contributed by atoms with Crippen LogP contribution in [0.5, 0.6) is 0 Å². The molecule has 17 heavy (non-hydrogen) atoms. The molecule has 1 heterocycles. The maximum Gasteiger partial charge on any atom is 0.360 e. The van der Waals surface area contributed by atoms with E-state index in [1.54, 1.807) is 6.92 Å². The van der Waals surface area contributed by atoms with Crippen molar-refractivity contribution in [3.8, 4) is 0 Å². The lowest BCUT2D eigenvalue weighted by Crippen LogP contribution is -2.13. The lowest BCUT2D eigenvalue weighted by atomic mass is 9.86. The van der Waals surface area contributed by atoms with Crippen molar-refractivity contribution in [3.05, 3.63) is 17.8 Å². The highest BCUT2D eigenvalue weighted by Crippen LogP contribution is 2.27. The Bertz CT molecular complexity index is 366. The summed E-state index contributed by atoms with van der Waals surface area (Å²) in [6.45, 7) is 2.14. The first-order valence-corrected chi connectivity index (χ1v) is 6.34. The predicted octanol–water partition coefficient (Wildman–Crippen LogP) is 2.77. The van der Waals surface area contributed by atoms with Crippen molar-refractivity contribution in [1.82, 2.24) is 4.98 Å². The molecule has 0 spiro atoms. The number of carbonyl (C=O) groups is 1. The second-order valence-electron chi connectivity index (χ2n) is 4.51. The summed E-state index contributed by atoms with van der Waals surface area (Å²) < 4.78 is 10.1. The van der Waals surface area contributed by atoms with Gasteiger partial charge in [0.2, 0.25) is 0 Å². The maximum atomic E-state index is 11.6. The average molecular weight is 236 g/mol. The van der Waals surface area contributed by atoms with Crippen molar-refractivity contribution in [2.75, 3.05) is 6.61 Å². The van der Waals surface area contributed by atoms with Crippen molar-refractivity contribution >= 4 is 5.97 Å². The molecule has 0 aliphatic heterocycles. The highest BCUT2D eigenvalue weighted by Gasteiger charge is 2.22. The van der Waals surface area contributed by atoms with Crippen LogP contribution in [-0.2, 0) is 11.2 Å². The molecular weight excluding hydrogens is 218 g/mol. The molecule has 0 N–H and O–H groups in total. The van der Waals surface area contributed by atoms with E-state index < -0.39 is 5.97 Å². The zero-order valence-corrected chi connectivity index (χ0v) is 10.2. The van der Waals surface area contributed by atoms with E-state index in [1.807, 2.05) is 0 Å². The molecule has 2 rings (SSSR count). The smallest absolute Gasteiger partial charge is 0.360 e. The number of nitrogens with zero attached hydrogens (tertiary/aromatic N) is 1. The summed E-state index contributed by atoms with van der Waals surface area (Å²) in [7, 11) is 0. The van der Waals surface area contributed by atoms with Crippen LogP contribution in [0.2, 0.25) is 0 Å². The largest absolute Gasteiger partial charge is 0.461 e. The van der Waals surface area contributed by atoms with E-state index >= 15 is 0 Å². The van der Waals surface area contributed by atoms with Gasteiger partial charge in [0, 0.05) is 6.42 Å². The van der Waals surface area contributed by atoms with E-state index in [9.17, 15) is 4.79 Å². The first kappa shape index (κ1) is 12.1. The highest BCUT2D eigenvalue weighted by atomic mass is 16.5. The molecule has 1 aliphatic rings. The molecule has 0 amide bonds. The molecule has 0 unspecified atom stereocenters. The van der Waals surface area contributed by atoms with E-state index in [2.05, 4.69) is 11.4 Å². The Morgan fingerprint density at radius 2 is 2.24 bits per heavy atom. The summed E-state index contributed by atoms with van der Waals surface area (Å²) in [5.74, 6) is 0.844. The lowest BCUT2D eigenvalue weighted by Gasteiger charge is -2.20. The second-order valence-corrected chi connectivity index (χ2v) is 4.51. The van der Waals surface area contributed by atoms with Crippen molar-refractivity contribution < 1.29 is 13.9 Å². The fraction of sp³-hybridized carbons (Fsp3) is 0.692. The van der Waals surface area contributed by atoms with Crippen LogP contribution in [0.4, 0.5) is 0 Å². The summed E-state index contributed by atoms with van der Waals surface area (Å²) in [5.41, 5.74) is 0.303. The normalized spacial score (nSPS) is 17.0. The fourth-order valence-electron chi connectivity index (χ4n) is 2.38. The molecule has 1 radical (unpaired) electrons. The van der Waals surface area contributed by atoms with E-state index in [0.717, 1.165) is 6.42 Å². The van der Waals surface area contributed by atoms with E-state index in [4.69, 9.17) is 9.15 Å². The summed E-state index contributed by atoms with van der Waals surface area (Å²) in [5, 5.41) is 0. The van der Waals surface area contributed by atoms with Crippen molar-refractivity contribution in [3.63, 3.8) is 0 Å². The Hall–Kier alpha value is -1.32. The van der Waals surface area contributed by atoms with Gasteiger partial charge in [-0.15, -0.1) is 0 Å². The number of oxazole rings is 1. The van der Waals surface area contributed by atoms with Gasteiger partial charge in [0.15, 0.2) is 5.69 Å². The van der Waals surface area contributed by atoms with E-state index in [1.165, 1.54) is 32.1 Å². The minimum Gasteiger partial charge on any atom is -0.461 e. The second kappa shape index (κ2) is 5.84. The zero-order valence-electron chi connectivity index (χ0n) is 10.2. The summed E-state index contributed by atoms with van der Waals surface area (Å²) in [6.07, 6.45) is 9.48. The molecule has 0 atom stereocenters. The monoisotopic (exact) mass is 236 g/mol. The Balaban J connectivity index is 2.00. The fourth-order valence-corrected chi connectivity index (χ4v) is 2.38. The molecule has 1 aromatic heterocycles. The Morgan fingerprint density at radius 3 is 2.94 bits per heavy atom. The molecular formula is C13H18NO3. The zero-order chi connectivity index (χ0) is 12.1. The molecule has 0 aromatic carbocycles. The van der Waals surface area contributed by atoms with Crippen molar-refractivity contribution in [2.45, 2.75) is 45.4 Å². The molecule has 0 saturated heterocycles. The van der Waals surface area contributed by atoms with Gasteiger partial charge in [-0.2, -0.15) is 4.98 Å². The summed E-state index contributed by atoms with van der Waals surface area (Å²) >= 11 is 0. The third-order valence-corrected chi connectivity index (χ3v) is 3.26. The van der Waals surface area contributed by atoms with Crippen molar-refractivity contribution in [1.29, 1.82) is 0 Å². The van der Waals surface area contributed by atoms with Crippen LogP contribution in [0.3, 0.4) is 0 Å². The molecule has 4 heteroatoms. The summed E-state index contributed by atoms with van der Waals surface area (Å²) in [6, 6.07) is 0. The topological polar surface area (TPSA) is 52.3 Å². The predicted molar refractivity (Wildman–Crippen MR) is 61.6 cm³/mol. The van der Waals surface area contributed by atoms with Gasteiger partial charge in [0.1, 0.15) is 5.76 Å². The van der Waals surface area contributed by atoms with Crippen LogP contribution in [0.1, 0.15) is 55.3 Å². The van der Waals surface area contributed by atoms with Crippen LogP contribution in [0.25, 0.3) is 0 Å². The van der Waals surface area contributed by atoms with Crippen molar-refractivity contribution in [2.24, 2.45) is 5.92 Å². The van der Waals surface area contributed by atoms with Gasteiger partial charge in [-0.05, 0) is 12.8 Å². The van der Waals surface area contributed by atoms with Gasteiger partial charge in [0.25, 0.3) is 6.39 Å². The van der Waals surface area contributed by atoms with E-state index in [0.29, 0.717) is 24.0 Å². The number of hydrogen-bond donors (Lipinski definition) is 0. The van der Waals surface area contributed by atoms with Gasteiger partial charge in [-0.25, -0.2) is 4.79 Å². The van der Waals surface area contributed by atoms with Crippen LogP contribution < -0.4 is 0 Å². The van der Waals surface area contributed by atoms with Gasteiger partial charge in [-0.3, -0.25) is 0 Å². The minimum absolute atomic E-state index is 0.303. The lowest BCUT2D eigenvalue weighted by molar-refractivity contribution is 0.0517. The molecule has 93 valence electrons. The van der Waals surface area contributed by atoms with Gasteiger partial charge >= 0.3 is 5.97 Å². The molecule has 0 bridgehead atoms. The Kier molecular flexibility index (Phi) is 4.18. The SMILES string of the molecule is CCOC(=O)c1n[c]oc1CC1CCCCC1. The number of ether oxygens (including phenoxy) is 1. The molecule has 1 saturated carbocycles. The Morgan fingerprint density at radius 1 is 1.47 bits per heavy atom. The first-order valence-electron chi connectivity index (χ1n) is 6.34. The maximum absolute atomic E-state index is 11.6. The number of esters is 1. The van der Waals surface area contributed by atoms with Crippen LogP contribution in [0, 0.1) is 12.3 Å². The minimum atomic E-state index is -0.400. The quantitative estimate of drug-likeness (QED) is 0.754. The Labute approximate surface area is 101 Å². The highest BCUT2D eigenvalue weighted by molar-refractivity contribution is 5.88. The number of aromatic nitrogens is 1. The number of rotatable bonds is 4. The standard InChI is InChI=1S/C13H18NO3/c1-2-16-13(15)12-11(17-9-14-12)8-10-6-4-3-5-7-10/h10H,2-8H2,1H3. The van der Waals surface area contributed by atoms with Crippen LogP contribution in [0.15, 0.2) is 4.42 Å². The molecule has 1 fully saturated rings. The number of hydrogen-bond acceptors (Lipinski definition) is 4. The van der Waals surface area contributed by atoms with Gasteiger partial charge < -0.3 is 9.15 Å². The third kappa shape index (κ3) is 3.08. The van der Waals surface area contributed by atoms with Crippen LogP contribution >= 0.6 is 0 Å². The van der Waals surface area contributed by atoms with Gasteiger partial charge in [-0.1, -0.05) is 32.1 Å². The molecule has 1 aromatic rings. The molecule has 4 nitrogen and oxygen atoms in total. The van der Waals surface area contributed by atoms with Gasteiger partial charge in [0.05, 0.1) is 6.61 Å². The average Bonchev–Trinajstić information content (AvgIpc) is 2.79.